The molecule has 0 fully saturated rings. The maximum absolute atomic E-state index is 4.10. The zero-order valence-corrected chi connectivity index (χ0v) is 11.2. The van der Waals surface area contributed by atoms with Gasteiger partial charge in [-0.2, -0.15) is 0 Å². The number of hydrogen-bond acceptors (Lipinski definition) is 3. The molecule has 1 aliphatic rings. The number of hydrogen-bond donors (Lipinski definition) is 2. The first-order valence-electron chi connectivity index (χ1n) is 7.01. The summed E-state index contributed by atoms with van der Waals surface area (Å²) in [5, 5.41) is 4.81. The Bertz CT molecular complexity index is 746. The summed E-state index contributed by atoms with van der Waals surface area (Å²) in [4.78, 5) is 11.8. The van der Waals surface area contributed by atoms with E-state index in [0.29, 0.717) is 0 Å². The lowest BCUT2D eigenvalue weighted by atomic mass is 10.0. The summed E-state index contributed by atoms with van der Waals surface area (Å²) in [5.74, 6) is 0. The maximum atomic E-state index is 4.10. The molecule has 3 heterocycles. The summed E-state index contributed by atoms with van der Waals surface area (Å²) in [6.07, 6.45) is 7.60. The molecular weight excluding hydrogens is 248 g/mol. The second-order valence-electron chi connectivity index (χ2n) is 5.25. The number of rotatable bonds is 1. The van der Waals surface area contributed by atoms with Crippen molar-refractivity contribution in [2.75, 3.05) is 6.54 Å². The van der Waals surface area contributed by atoms with Crippen LogP contribution in [0.3, 0.4) is 0 Å². The van der Waals surface area contributed by atoms with Crippen LogP contribution < -0.4 is 5.32 Å². The molecular formula is C16H16N4. The lowest BCUT2D eigenvalue weighted by Gasteiger charge is -2.03. The van der Waals surface area contributed by atoms with E-state index in [1.54, 1.807) is 6.33 Å². The highest BCUT2D eigenvalue weighted by molar-refractivity contribution is 5.89. The van der Waals surface area contributed by atoms with Gasteiger partial charge in [0, 0.05) is 41.1 Å². The largest absolute Gasteiger partial charge is 0.358 e. The molecule has 1 aliphatic heterocycles. The standard InChI is InChI=1S/C16H16N4/c1-2-15-14(9-17-5-1)13-6-11(3-4-16(13)20-15)12-7-18-10-19-8-12/h3-4,6-8,10,17,20H,1-2,5,9H2. The molecule has 0 aliphatic carbocycles. The topological polar surface area (TPSA) is 53.6 Å². The molecule has 100 valence electrons. The van der Waals surface area contributed by atoms with Gasteiger partial charge in [0.15, 0.2) is 0 Å². The van der Waals surface area contributed by atoms with E-state index < -0.39 is 0 Å². The van der Waals surface area contributed by atoms with Crippen LogP contribution in [-0.4, -0.2) is 21.5 Å². The Balaban J connectivity index is 1.88. The number of nitrogens with zero attached hydrogens (tertiary/aromatic N) is 2. The molecule has 0 amide bonds. The average Bonchev–Trinajstić information content (AvgIpc) is 2.69. The van der Waals surface area contributed by atoms with E-state index in [1.165, 1.54) is 34.1 Å². The van der Waals surface area contributed by atoms with Crippen molar-refractivity contribution in [3.8, 4) is 11.1 Å². The quantitative estimate of drug-likeness (QED) is 0.710. The average molecular weight is 264 g/mol. The minimum Gasteiger partial charge on any atom is -0.358 e. The van der Waals surface area contributed by atoms with Gasteiger partial charge >= 0.3 is 0 Å². The first kappa shape index (κ1) is 11.6. The van der Waals surface area contributed by atoms with Gasteiger partial charge in [-0.25, -0.2) is 9.97 Å². The number of nitrogens with one attached hydrogen (secondary N) is 2. The van der Waals surface area contributed by atoms with Crippen molar-refractivity contribution in [3.05, 3.63) is 48.2 Å². The molecule has 0 bridgehead atoms. The predicted octanol–water partition coefficient (Wildman–Crippen LogP) is 2.66. The number of benzene rings is 1. The Morgan fingerprint density at radius 1 is 1.05 bits per heavy atom. The van der Waals surface area contributed by atoms with Gasteiger partial charge in [-0.05, 0) is 42.6 Å². The summed E-state index contributed by atoms with van der Waals surface area (Å²) >= 11 is 0. The smallest absolute Gasteiger partial charge is 0.115 e. The zero-order valence-electron chi connectivity index (χ0n) is 11.2. The minimum absolute atomic E-state index is 0.948. The molecule has 3 aromatic rings. The van der Waals surface area contributed by atoms with E-state index in [2.05, 4.69) is 38.5 Å². The van der Waals surface area contributed by atoms with Crippen LogP contribution in [0.2, 0.25) is 0 Å². The molecule has 0 atom stereocenters. The Morgan fingerprint density at radius 2 is 1.95 bits per heavy atom. The van der Waals surface area contributed by atoms with Crippen molar-refractivity contribution < 1.29 is 0 Å². The summed E-state index contributed by atoms with van der Waals surface area (Å²) in [6, 6.07) is 6.53. The van der Waals surface area contributed by atoms with Crippen molar-refractivity contribution in [3.63, 3.8) is 0 Å². The lowest BCUT2D eigenvalue weighted by Crippen LogP contribution is -2.11. The number of fused-ring (bicyclic) bond motifs is 3. The van der Waals surface area contributed by atoms with Crippen LogP contribution in [0.15, 0.2) is 36.9 Å². The van der Waals surface area contributed by atoms with Gasteiger partial charge in [0.25, 0.3) is 0 Å². The summed E-state index contributed by atoms with van der Waals surface area (Å²) in [7, 11) is 0. The number of H-pyrrole nitrogens is 1. The monoisotopic (exact) mass is 264 g/mol. The van der Waals surface area contributed by atoms with Crippen molar-refractivity contribution in [2.24, 2.45) is 0 Å². The summed E-state index contributed by atoms with van der Waals surface area (Å²) in [6.45, 7) is 2.04. The van der Waals surface area contributed by atoms with Gasteiger partial charge in [-0.3, -0.25) is 0 Å². The van der Waals surface area contributed by atoms with Crippen molar-refractivity contribution in [1.82, 2.24) is 20.3 Å². The van der Waals surface area contributed by atoms with Gasteiger partial charge in [0.05, 0.1) is 0 Å². The lowest BCUT2D eigenvalue weighted by molar-refractivity contribution is 0.680. The molecule has 0 spiro atoms. The fourth-order valence-electron chi connectivity index (χ4n) is 2.95. The van der Waals surface area contributed by atoms with Gasteiger partial charge in [0.2, 0.25) is 0 Å². The molecule has 0 radical (unpaired) electrons. The second kappa shape index (κ2) is 4.72. The van der Waals surface area contributed by atoms with Crippen LogP contribution >= 0.6 is 0 Å². The molecule has 4 rings (SSSR count). The van der Waals surface area contributed by atoms with Crippen LogP contribution in [-0.2, 0) is 13.0 Å². The van der Waals surface area contributed by atoms with Crippen LogP contribution in [0.25, 0.3) is 22.0 Å². The first-order chi connectivity index (χ1) is 9.92. The minimum atomic E-state index is 0.948. The van der Waals surface area contributed by atoms with Crippen molar-refractivity contribution in [1.29, 1.82) is 0 Å². The number of aromatic amines is 1. The Kier molecular flexibility index (Phi) is 2.74. The van der Waals surface area contributed by atoms with Gasteiger partial charge < -0.3 is 10.3 Å². The highest BCUT2D eigenvalue weighted by Gasteiger charge is 2.14. The van der Waals surface area contributed by atoms with Crippen LogP contribution in [0.5, 0.6) is 0 Å². The van der Waals surface area contributed by atoms with Crippen LogP contribution in [0.4, 0.5) is 0 Å². The Morgan fingerprint density at radius 3 is 2.85 bits per heavy atom. The second-order valence-corrected chi connectivity index (χ2v) is 5.25. The molecule has 4 nitrogen and oxygen atoms in total. The predicted molar refractivity (Wildman–Crippen MR) is 79.4 cm³/mol. The maximum Gasteiger partial charge on any atom is 0.115 e. The van der Waals surface area contributed by atoms with Gasteiger partial charge in [-0.1, -0.05) is 6.07 Å². The van der Waals surface area contributed by atoms with Gasteiger partial charge in [-0.15, -0.1) is 0 Å². The molecule has 0 saturated heterocycles. The zero-order chi connectivity index (χ0) is 13.4. The van der Waals surface area contributed by atoms with E-state index in [4.69, 9.17) is 0 Å². The summed E-state index contributed by atoms with van der Waals surface area (Å²) in [5.41, 5.74) is 6.25. The molecule has 20 heavy (non-hydrogen) atoms. The number of aryl methyl sites for hydroxylation is 1. The first-order valence-corrected chi connectivity index (χ1v) is 7.01. The molecule has 2 N–H and O–H groups in total. The molecule has 2 aromatic heterocycles. The van der Waals surface area contributed by atoms with E-state index >= 15 is 0 Å². The third-order valence-electron chi connectivity index (χ3n) is 3.97. The Labute approximate surface area is 117 Å². The van der Waals surface area contributed by atoms with E-state index in [1.807, 2.05) is 12.4 Å². The van der Waals surface area contributed by atoms with Crippen molar-refractivity contribution >= 4 is 10.9 Å². The van der Waals surface area contributed by atoms with Crippen molar-refractivity contribution in [2.45, 2.75) is 19.4 Å². The van der Waals surface area contributed by atoms with E-state index in [9.17, 15) is 0 Å². The highest BCUT2D eigenvalue weighted by Crippen LogP contribution is 2.29. The summed E-state index contributed by atoms with van der Waals surface area (Å²) < 4.78 is 0. The van der Waals surface area contributed by atoms with Crippen LogP contribution in [0.1, 0.15) is 17.7 Å². The SMILES string of the molecule is c1ncc(-c2ccc3[nH]c4c(c3c2)CNCCC4)cn1. The highest BCUT2D eigenvalue weighted by atomic mass is 14.9. The fraction of sp³-hybridized carbons (Fsp3) is 0.250. The third-order valence-corrected chi connectivity index (χ3v) is 3.97. The fourth-order valence-corrected chi connectivity index (χ4v) is 2.95. The molecule has 0 saturated carbocycles. The van der Waals surface area contributed by atoms with Crippen LogP contribution in [0, 0.1) is 0 Å². The molecule has 4 heteroatoms. The normalized spacial score (nSPS) is 15.0. The third kappa shape index (κ3) is 1.89. The number of aromatic nitrogens is 3. The van der Waals surface area contributed by atoms with E-state index in [-0.39, 0.29) is 0 Å². The van der Waals surface area contributed by atoms with E-state index in [0.717, 1.165) is 25.1 Å². The Hall–Kier alpha value is -2.20. The van der Waals surface area contributed by atoms with Gasteiger partial charge in [0.1, 0.15) is 6.33 Å². The molecule has 1 aromatic carbocycles. The molecule has 0 unspecified atom stereocenters.